The number of benzene rings is 2. The summed E-state index contributed by atoms with van der Waals surface area (Å²) in [5.74, 6) is 0. The lowest BCUT2D eigenvalue weighted by Crippen LogP contribution is -1.94. The van der Waals surface area contributed by atoms with E-state index in [0.717, 1.165) is 10.9 Å². The molecule has 0 atom stereocenters. The number of rotatable bonds is 1. The van der Waals surface area contributed by atoms with Crippen LogP contribution in [0.5, 0.6) is 0 Å². The fourth-order valence-corrected chi connectivity index (χ4v) is 1.93. The van der Waals surface area contributed by atoms with Gasteiger partial charge in [0.15, 0.2) is 8.46 Å². The van der Waals surface area contributed by atoms with Crippen LogP contribution in [0.4, 0.5) is 0 Å². The normalized spacial score (nSPS) is 9.78. The zero-order valence-corrected chi connectivity index (χ0v) is 12.3. The Morgan fingerprint density at radius 3 is 1.61 bits per heavy atom. The van der Waals surface area contributed by atoms with E-state index in [9.17, 15) is 4.57 Å². The molecule has 0 aromatic heterocycles. The van der Waals surface area contributed by atoms with Crippen molar-refractivity contribution < 1.29 is 4.57 Å². The Balaban J connectivity index is 0.000000180. The van der Waals surface area contributed by atoms with Crippen LogP contribution in [0.15, 0.2) is 42.5 Å². The Bertz CT molecular complexity index is 512. The fraction of sp³-hybridized carbons (Fsp3) is 0.250. The van der Waals surface area contributed by atoms with Gasteiger partial charge in [-0.15, -0.1) is 0 Å². The largest absolute Gasteiger partial charge is 0.269 e. The predicted octanol–water partition coefficient (Wildman–Crippen LogP) is 4.52. The molecule has 0 aliphatic rings. The number of hydrogen-bond donors (Lipinski definition) is 0. The summed E-state index contributed by atoms with van der Waals surface area (Å²) in [6.07, 6.45) is 0. The second kappa shape index (κ2) is 7.08. The van der Waals surface area contributed by atoms with Crippen molar-refractivity contribution in [1.29, 1.82) is 0 Å². The summed E-state index contributed by atoms with van der Waals surface area (Å²) >= 11 is 0. The van der Waals surface area contributed by atoms with Crippen molar-refractivity contribution in [2.24, 2.45) is 0 Å². The maximum absolute atomic E-state index is 10.3. The first-order chi connectivity index (χ1) is 8.56. The van der Waals surface area contributed by atoms with E-state index in [1.54, 1.807) is 0 Å². The van der Waals surface area contributed by atoms with Crippen LogP contribution in [-0.2, 0) is 4.57 Å². The van der Waals surface area contributed by atoms with Gasteiger partial charge < -0.3 is 0 Å². The monoisotopic (exact) mass is 258 g/mol. The predicted molar refractivity (Wildman–Crippen MR) is 79.1 cm³/mol. The molecule has 0 unspecified atom stereocenters. The number of aryl methyl sites for hydroxylation is 3. The molecule has 0 heterocycles. The van der Waals surface area contributed by atoms with Gasteiger partial charge in [0.2, 0.25) is 0 Å². The van der Waals surface area contributed by atoms with Gasteiger partial charge in [0.05, 0.1) is 0 Å². The van der Waals surface area contributed by atoms with E-state index in [1.165, 1.54) is 16.7 Å². The third kappa shape index (κ3) is 4.09. The molecule has 2 rings (SSSR count). The Morgan fingerprint density at radius 2 is 1.22 bits per heavy atom. The Kier molecular flexibility index (Phi) is 5.74. The minimum Gasteiger partial charge on any atom is -0.269 e. The minimum absolute atomic E-state index is 0.112. The first-order valence-corrected chi connectivity index (χ1v) is 6.79. The van der Waals surface area contributed by atoms with E-state index in [2.05, 4.69) is 39.0 Å². The summed E-state index contributed by atoms with van der Waals surface area (Å²) in [6, 6.07) is 14.0. The smallest absolute Gasteiger partial charge is 0.192 e. The average molecular weight is 258 g/mol. The first-order valence-electron chi connectivity index (χ1n) is 5.98. The zero-order valence-electron chi connectivity index (χ0n) is 11.4. The summed E-state index contributed by atoms with van der Waals surface area (Å²) in [7, 11) is 0.112. The summed E-state index contributed by atoms with van der Waals surface area (Å²) in [5.41, 5.74) is 5.26. The summed E-state index contributed by atoms with van der Waals surface area (Å²) in [6.45, 7) is 8.38. The molecule has 0 spiro atoms. The highest BCUT2D eigenvalue weighted by atomic mass is 31.1. The lowest BCUT2D eigenvalue weighted by Gasteiger charge is -2.00. The quantitative estimate of drug-likeness (QED) is 0.687. The molecule has 2 heteroatoms. The van der Waals surface area contributed by atoms with Gasteiger partial charge in [0.25, 0.3) is 0 Å². The molecule has 0 bridgehead atoms. The lowest BCUT2D eigenvalue weighted by atomic mass is 10.1. The Labute approximate surface area is 111 Å². The molecule has 0 aliphatic heterocycles. The van der Waals surface area contributed by atoms with E-state index < -0.39 is 0 Å². The maximum Gasteiger partial charge on any atom is 0.192 e. The van der Waals surface area contributed by atoms with Crippen LogP contribution in [0.1, 0.15) is 22.3 Å². The van der Waals surface area contributed by atoms with Crippen molar-refractivity contribution in [3.05, 3.63) is 64.7 Å². The Hall–Kier alpha value is -1.46. The van der Waals surface area contributed by atoms with Crippen LogP contribution in [-0.4, -0.2) is 0 Å². The second-order valence-corrected chi connectivity index (χ2v) is 5.06. The standard InChI is InChI=1S/C9H12.C7H7OP/c1-7-5-4-6-8(2)9(7)3;1-6-4-2-3-5-7(6)9-8/h4-6H,1-3H3;2-5H,1H3. The lowest BCUT2D eigenvalue weighted by molar-refractivity contribution is 0.603. The molecular weight excluding hydrogens is 239 g/mol. The fourth-order valence-electron chi connectivity index (χ4n) is 1.56. The molecular formula is C16H19OP. The molecule has 2 aromatic rings. The van der Waals surface area contributed by atoms with E-state index >= 15 is 0 Å². The van der Waals surface area contributed by atoms with Crippen LogP contribution in [0.3, 0.4) is 0 Å². The van der Waals surface area contributed by atoms with Gasteiger partial charge in [0, 0.05) is 5.30 Å². The molecule has 0 N–H and O–H groups in total. The van der Waals surface area contributed by atoms with Crippen LogP contribution < -0.4 is 5.30 Å². The molecule has 0 fully saturated rings. The van der Waals surface area contributed by atoms with Crippen LogP contribution in [0.25, 0.3) is 0 Å². The molecule has 0 amide bonds. The van der Waals surface area contributed by atoms with Crippen molar-refractivity contribution >= 4 is 13.8 Å². The van der Waals surface area contributed by atoms with Crippen molar-refractivity contribution in [2.75, 3.05) is 0 Å². The SMILES string of the molecule is Cc1cccc(C)c1C.Cc1ccccc1P=O. The topological polar surface area (TPSA) is 17.1 Å². The van der Waals surface area contributed by atoms with Crippen LogP contribution in [0.2, 0.25) is 0 Å². The number of hydrogen-bond acceptors (Lipinski definition) is 1. The van der Waals surface area contributed by atoms with Crippen LogP contribution >= 0.6 is 8.46 Å². The third-order valence-corrected chi connectivity index (χ3v) is 3.79. The minimum atomic E-state index is 0.112. The summed E-state index contributed by atoms with van der Waals surface area (Å²) in [5, 5.41) is 0.873. The van der Waals surface area contributed by atoms with Crippen molar-refractivity contribution in [3.8, 4) is 0 Å². The van der Waals surface area contributed by atoms with Crippen molar-refractivity contribution in [2.45, 2.75) is 27.7 Å². The molecule has 0 saturated carbocycles. The van der Waals surface area contributed by atoms with Gasteiger partial charge in [-0.3, -0.25) is 4.57 Å². The molecule has 18 heavy (non-hydrogen) atoms. The van der Waals surface area contributed by atoms with Gasteiger partial charge >= 0.3 is 0 Å². The van der Waals surface area contributed by atoms with E-state index in [1.807, 2.05) is 31.2 Å². The first kappa shape index (κ1) is 14.6. The zero-order chi connectivity index (χ0) is 13.5. The summed E-state index contributed by atoms with van der Waals surface area (Å²) < 4.78 is 10.3. The Morgan fingerprint density at radius 1 is 0.722 bits per heavy atom. The van der Waals surface area contributed by atoms with Crippen LogP contribution in [0, 0.1) is 27.7 Å². The van der Waals surface area contributed by atoms with Gasteiger partial charge in [-0.05, 0) is 56.0 Å². The van der Waals surface area contributed by atoms with Gasteiger partial charge in [-0.2, -0.15) is 0 Å². The van der Waals surface area contributed by atoms with Gasteiger partial charge in [-0.1, -0.05) is 36.4 Å². The van der Waals surface area contributed by atoms with Gasteiger partial charge in [-0.25, -0.2) is 0 Å². The molecule has 2 aromatic carbocycles. The highest BCUT2D eigenvalue weighted by Crippen LogP contribution is 2.09. The highest BCUT2D eigenvalue weighted by molar-refractivity contribution is 7.34. The highest BCUT2D eigenvalue weighted by Gasteiger charge is 1.92. The molecule has 0 saturated heterocycles. The second-order valence-electron chi connectivity index (χ2n) is 4.39. The van der Waals surface area contributed by atoms with E-state index in [4.69, 9.17) is 0 Å². The van der Waals surface area contributed by atoms with E-state index in [-0.39, 0.29) is 8.46 Å². The van der Waals surface area contributed by atoms with Crippen molar-refractivity contribution in [3.63, 3.8) is 0 Å². The van der Waals surface area contributed by atoms with Gasteiger partial charge in [0.1, 0.15) is 0 Å². The van der Waals surface area contributed by atoms with E-state index in [0.29, 0.717) is 0 Å². The third-order valence-electron chi connectivity index (χ3n) is 3.09. The molecule has 1 nitrogen and oxygen atoms in total. The molecule has 0 radical (unpaired) electrons. The average Bonchev–Trinajstić information content (AvgIpc) is 2.37. The molecule has 94 valence electrons. The maximum atomic E-state index is 10.3. The summed E-state index contributed by atoms with van der Waals surface area (Å²) in [4.78, 5) is 0. The molecule has 0 aliphatic carbocycles. The van der Waals surface area contributed by atoms with Crippen molar-refractivity contribution in [1.82, 2.24) is 0 Å².